The number of carboxylic acids is 1. The van der Waals surface area contributed by atoms with E-state index in [1.54, 1.807) is 13.0 Å². The highest BCUT2D eigenvalue weighted by molar-refractivity contribution is 6.19. The summed E-state index contributed by atoms with van der Waals surface area (Å²) in [5.41, 5.74) is 7.99. The number of Topliss-reactive ketones (excluding diaryl/α,β-unsaturated/α-hetero) is 2. The minimum Gasteiger partial charge on any atom is -0.477 e. The summed E-state index contributed by atoms with van der Waals surface area (Å²) in [6, 6.07) is 1.85. The number of esters is 1. The topological polar surface area (TPSA) is 166 Å². The summed E-state index contributed by atoms with van der Waals surface area (Å²) in [7, 11) is 0. The number of nitrogens with zero attached hydrogens (tertiary/aromatic N) is 4. The molecule has 0 atom stereocenters. The maximum atomic E-state index is 11.0. The van der Waals surface area contributed by atoms with Crippen LogP contribution in [0.4, 0.5) is 0 Å². The molecule has 0 saturated heterocycles. The molecule has 172 valence electrons. The Balaban J connectivity index is 0.000000256. The fourth-order valence-corrected chi connectivity index (χ4v) is 2.59. The van der Waals surface area contributed by atoms with E-state index in [9.17, 15) is 19.2 Å². The number of ether oxygens (including phenoxy) is 1. The Bertz CT molecular complexity index is 1070. The number of carbonyl (C=O) groups excluding carboxylic acids is 3. The summed E-state index contributed by atoms with van der Waals surface area (Å²) in [5, 5.41) is 12.8. The molecule has 32 heavy (non-hydrogen) atoms. The van der Waals surface area contributed by atoms with Crippen molar-refractivity contribution in [1.29, 1.82) is 0 Å². The summed E-state index contributed by atoms with van der Waals surface area (Å²) in [4.78, 5) is 49.8. The highest BCUT2D eigenvalue weighted by atomic mass is 16.5. The van der Waals surface area contributed by atoms with E-state index in [1.807, 2.05) is 19.9 Å². The maximum Gasteiger partial charge on any atom is 0.341 e. The number of carbonyl (C=O) groups is 4. The maximum absolute atomic E-state index is 11.0. The van der Waals surface area contributed by atoms with Gasteiger partial charge in [-0.25, -0.2) is 19.1 Å². The van der Waals surface area contributed by atoms with Gasteiger partial charge in [0.15, 0.2) is 5.65 Å². The molecular weight excluding hydrogens is 418 g/mol. The molecule has 0 spiro atoms. The first-order valence-electron chi connectivity index (χ1n) is 9.69. The van der Waals surface area contributed by atoms with Crippen molar-refractivity contribution in [2.75, 3.05) is 13.2 Å². The molecule has 1 aliphatic heterocycles. The van der Waals surface area contributed by atoms with Gasteiger partial charge in [-0.15, -0.1) is 0 Å². The van der Waals surface area contributed by atoms with Crippen molar-refractivity contribution in [3.8, 4) is 0 Å². The fourth-order valence-electron chi connectivity index (χ4n) is 2.59. The molecule has 0 saturated carbocycles. The molecule has 11 heteroatoms. The highest BCUT2D eigenvalue weighted by Crippen LogP contribution is 2.11. The standard InChI is InChI=1S/C9H9N3O2.C7H10N2O2.C5H8O2/c1-5-3-6(2)12-8(11-5)7(4-10-12)9(13)14;1-2-11-7(10)5-3-4-9-6(5)8;1-4(6)3-5(2)7/h3-4H,1-2H3,(H,13,14);3H,2,4H2,1H3,(H2,8,9);3H2,1-2H3. The van der Waals surface area contributed by atoms with Crippen LogP contribution in [0.3, 0.4) is 0 Å². The number of nitrogens with two attached hydrogens (primary N) is 1. The van der Waals surface area contributed by atoms with Gasteiger partial charge in [0.25, 0.3) is 0 Å². The quantitative estimate of drug-likeness (QED) is 0.511. The molecule has 11 nitrogen and oxygen atoms in total. The summed E-state index contributed by atoms with van der Waals surface area (Å²) in [6.07, 6.45) is 3.06. The van der Waals surface area contributed by atoms with Gasteiger partial charge in [-0.1, -0.05) is 0 Å². The van der Waals surface area contributed by atoms with Crippen LogP contribution in [0, 0.1) is 13.8 Å². The van der Waals surface area contributed by atoms with Crippen LogP contribution in [0.25, 0.3) is 5.65 Å². The van der Waals surface area contributed by atoms with E-state index in [0.29, 0.717) is 24.4 Å². The minimum absolute atomic E-state index is 0.0625. The number of carboxylic acid groups (broad SMARTS) is 1. The molecule has 2 aromatic heterocycles. The van der Waals surface area contributed by atoms with Crippen LogP contribution in [0.15, 0.2) is 28.9 Å². The zero-order valence-corrected chi connectivity index (χ0v) is 18.7. The number of aryl methyl sites for hydroxylation is 2. The highest BCUT2D eigenvalue weighted by Gasteiger charge is 2.17. The first-order valence-corrected chi connectivity index (χ1v) is 9.69. The van der Waals surface area contributed by atoms with E-state index in [0.717, 1.165) is 11.4 Å². The van der Waals surface area contributed by atoms with E-state index >= 15 is 0 Å². The molecule has 3 N–H and O–H groups in total. The van der Waals surface area contributed by atoms with Gasteiger partial charge in [0.05, 0.1) is 31.3 Å². The van der Waals surface area contributed by atoms with Crippen molar-refractivity contribution in [3.05, 3.63) is 40.9 Å². The first-order chi connectivity index (χ1) is 15.0. The van der Waals surface area contributed by atoms with E-state index < -0.39 is 5.97 Å². The number of hydrogen-bond donors (Lipinski definition) is 2. The van der Waals surface area contributed by atoms with Crippen LogP contribution < -0.4 is 5.73 Å². The minimum atomic E-state index is -1.00. The zero-order chi connectivity index (χ0) is 24.4. The van der Waals surface area contributed by atoms with E-state index in [2.05, 4.69) is 15.1 Å². The Morgan fingerprint density at radius 2 is 1.81 bits per heavy atom. The Morgan fingerprint density at radius 3 is 2.25 bits per heavy atom. The number of amidine groups is 1. The van der Waals surface area contributed by atoms with Gasteiger partial charge in [0.2, 0.25) is 0 Å². The van der Waals surface area contributed by atoms with Crippen LogP contribution >= 0.6 is 0 Å². The monoisotopic (exact) mass is 445 g/mol. The third-order valence-electron chi connectivity index (χ3n) is 3.83. The molecule has 3 rings (SSSR count). The van der Waals surface area contributed by atoms with Crippen LogP contribution in [0.2, 0.25) is 0 Å². The van der Waals surface area contributed by atoms with Gasteiger partial charge >= 0.3 is 11.9 Å². The molecule has 1 aliphatic rings. The lowest BCUT2D eigenvalue weighted by atomic mass is 10.2. The molecule has 0 amide bonds. The van der Waals surface area contributed by atoms with Crippen molar-refractivity contribution < 1.29 is 29.0 Å². The predicted molar refractivity (Wildman–Crippen MR) is 117 cm³/mol. The smallest absolute Gasteiger partial charge is 0.341 e. The number of aliphatic imine (C=N–C) groups is 1. The summed E-state index contributed by atoms with van der Waals surface area (Å²) >= 11 is 0. The molecule has 0 bridgehead atoms. The number of aromatic carboxylic acids is 1. The van der Waals surface area contributed by atoms with E-state index in [-0.39, 0.29) is 35.4 Å². The second-order valence-corrected chi connectivity index (χ2v) is 6.78. The van der Waals surface area contributed by atoms with Gasteiger partial charge in [0, 0.05) is 11.4 Å². The molecule has 0 unspecified atom stereocenters. The van der Waals surface area contributed by atoms with Crippen molar-refractivity contribution in [2.24, 2.45) is 10.7 Å². The second-order valence-electron chi connectivity index (χ2n) is 6.78. The van der Waals surface area contributed by atoms with Crippen LogP contribution in [-0.4, -0.2) is 62.2 Å². The van der Waals surface area contributed by atoms with Crippen molar-refractivity contribution >= 4 is 35.0 Å². The Hall–Kier alpha value is -3.89. The van der Waals surface area contributed by atoms with Gasteiger partial charge < -0.3 is 15.6 Å². The lowest BCUT2D eigenvalue weighted by Crippen LogP contribution is -2.20. The largest absolute Gasteiger partial charge is 0.477 e. The molecule has 0 aromatic carbocycles. The van der Waals surface area contributed by atoms with E-state index in [1.165, 1.54) is 24.6 Å². The van der Waals surface area contributed by atoms with Crippen LogP contribution in [0.5, 0.6) is 0 Å². The molecule has 3 heterocycles. The van der Waals surface area contributed by atoms with Gasteiger partial charge in [-0.3, -0.25) is 14.6 Å². The number of hydrogen-bond acceptors (Lipinski definition) is 9. The molecular formula is C21H27N5O6. The summed E-state index contributed by atoms with van der Waals surface area (Å²) in [6.45, 7) is 9.10. The van der Waals surface area contributed by atoms with Gasteiger partial charge in [-0.05, 0) is 46.8 Å². The summed E-state index contributed by atoms with van der Waals surface area (Å²) < 4.78 is 6.25. The fraction of sp³-hybridized carbons (Fsp3) is 0.381. The average molecular weight is 445 g/mol. The van der Waals surface area contributed by atoms with Crippen molar-refractivity contribution in [2.45, 2.75) is 41.0 Å². The lowest BCUT2D eigenvalue weighted by Gasteiger charge is -2.00. The summed E-state index contributed by atoms with van der Waals surface area (Å²) in [5.74, 6) is -1.23. The third-order valence-corrected chi connectivity index (χ3v) is 3.83. The Labute approximate surface area is 185 Å². The van der Waals surface area contributed by atoms with E-state index in [4.69, 9.17) is 15.6 Å². The van der Waals surface area contributed by atoms with Crippen LogP contribution in [0.1, 0.15) is 48.9 Å². The molecule has 0 aliphatic carbocycles. The number of ketones is 2. The van der Waals surface area contributed by atoms with Crippen molar-refractivity contribution in [3.63, 3.8) is 0 Å². The molecule has 0 radical (unpaired) electrons. The molecule has 2 aromatic rings. The number of rotatable bonds is 5. The van der Waals surface area contributed by atoms with Crippen molar-refractivity contribution in [1.82, 2.24) is 14.6 Å². The van der Waals surface area contributed by atoms with Crippen LogP contribution in [-0.2, 0) is 19.1 Å². The normalized spacial score (nSPS) is 11.9. The van der Waals surface area contributed by atoms with Gasteiger partial charge in [0.1, 0.15) is 23.0 Å². The Morgan fingerprint density at radius 1 is 1.19 bits per heavy atom. The van der Waals surface area contributed by atoms with Gasteiger partial charge in [-0.2, -0.15) is 5.10 Å². The number of aromatic nitrogens is 3. The zero-order valence-electron chi connectivity index (χ0n) is 18.7. The third kappa shape index (κ3) is 7.74. The first kappa shape index (κ1) is 26.1. The Kier molecular flexibility index (Phi) is 9.87. The second kappa shape index (κ2) is 12.1. The predicted octanol–water partition coefficient (Wildman–Crippen LogP) is 1.45. The number of fused-ring (bicyclic) bond motifs is 1. The SMILES string of the molecule is CC(=O)CC(C)=O.CCOC(=O)C1=CCN=C1N.Cc1cc(C)n2ncc(C(=O)O)c2n1. The lowest BCUT2D eigenvalue weighted by molar-refractivity contribution is -0.137. The average Bonchev–Trinajstić information content (AvgIpc) is 3.28. The molecule has 0 fully saturated rings.